The summed E-state index contributed by atoms with van der Waals surface area (Å²) in [6, 6.07) is 0. The van der Waals surface area contributed by atoms with Gasteiger partial charge in [0, 0.05) is 18.5 Å². The molecular weight excluding hydrogens is 276 g/mol. The number of morpholine rings is 1. The van der Waals surface area contributed by atoms with E-state index < -0.39 is 12.1 Å². The van der Waals surface area contributed by atoms with Crippen molar-refractivity contribution in [1.82, 2.24) is 10.1 Å². The molecule has 0 saturated carbocycles. The Balaban J connectivity index is 1.81. The van der Waals surface area contributed by atoms with Crippen molar-refractivity contribution in [3.8, 4) is 0 Å². The Hall–Kier alpha value is -1.89. The number of amides is 1. The van der Waals surface area contributed by atoms with Crippen molar-refractivity contribution in [1.29, 1.82) is 0 Å². The van der Waals surface area contributed by atoms with Gasteiger partial charge in [0.15, 0.2) is 11.8 Å². The predicted molar refractivity (Wildman–Crippen MR) is 71.0 cm³/mol. The maximum Gasteiger partial charge on any atom is 0.334 e. The number of carboxylic acid groups (broad SMARTS) is 1. The second-order valence-corrected chi connectivity index (χ2v) is 5.62. The predicted octanol–water partition coefficient (Wildman–Crippen LogP) is 0.867. The monoisotopic (exact) mass is 294 g/mol. The molecule has 2 aliphatic rings. The van der Waals surface area contributed by atoms with E-state index >= 15 is 0 Å². The molecule has 0 aromatic carbocycles. The number of ether oxygens (including phenoxy) is 1. The van der Waals surface area contributed by atoms with Crippen LogP contribution in [0.25, 0.3) is 0 Å². The molecule has 2 heterocycles. The minimum absolute atomic E-state index is 0.0418. The van der Waals surface area contributed by atoms with Crippen molar-refractivity contribution >= 4 is 11.9 Å². The first-order valence-electron chi connectivity index (χ1n) is 7.21. The molecule has 0 bridgehead atoms. The first-order chi connectivity index (χ1) is 10.1. The van der Waals surface area contributed by atoms with Gasteiger partial charge in [-0.15, -0.1) is 0 Å². The normalized spacial score (nSPS) is 25.5. The largest absolute Gasteiger partial charge is 0.479 e. The second kappa shape index (κ2) is 5.48. The van der Waals surface area contributed by atoms with Crippen LogP contribution in [0.3, 0.4) is 0 Å². The molecule has 1 N–H and O–H groups in total. The molecule has 1 aromatic heterocycles. The number of carboxylic acids is 1. The minimum atomic E-state index is -1.05. The van der Waals surface area contributed by atoms with E-state index in [1.165, 1.54) is 4.90 Å². The lowest BCUT2D eigenvalue weighted by molar-refractivity contribution is -0.160. The number of aliphatic carboxylic acids is 1. The Labute approximate surface area is 121 Å². The van der Waals surface area contributed by atoms with E-state index in [0.717, 1.165) is 37.0 Å². The Kier molecular flexibility index (Phi) is 3.67. The minimum Gasteiger partial charge on any atom is -0.479 e. The summed E-state index contributed by atoms with van der Waals surface area (Å²) in [6.07, 6.45) is 2.37. The van der Waals surface area contributed by atoms with Gasteiger partial charge >= 0.3 is 5.97 Å². The molecule has 1 saturated heterocycles. The lowest BCUT2D eigenvalue weighted by atomic mass is 9.96. The van der Waals surface area contributed by atoms with E-state index in [2.05, 4.69) is 5.16 Å². The topological polar surface area (TPSA) is 92.9 Å². The third-order valence-electron chi connectivity index (χ3n) is 3.98. The Bertz CT molecular complexity index is 568. The SMILES string of the molecule is C[C@@H]1CN(C(=O)c2noc3c2CCCC3)CC(C(=O)O)O1. The van der Waals surface area contributed by atoms with Crippen LogP contribution in [0.15, 0.2) is 4.52 Å². The van der Waals surface area contributed by atoms with E-state index in [-0.39, 0.29) is 18.6 Å². The standard InChI is InChI=1S/C14H18N2O5/c1-8-6-16(7-11(20-8)14(18)19)13(17)12-9-4-2-3-5-10(9)21-15-12/h8,11H,2-7H2,1H3,(H,18,19)/t8-,11?/m1/s1. The average molecular weight is 294 g/mol. The number of aromatic nitrogens is 1. The Morgan fingerprint density at radius 3 is 2.81 bits per heavy atom. The highest BCUT2D eigenvalue weighted by Gasteiger charge is 2.35. The molecule has 7 heteroatoms. The summed E-state index contributed by atoms with van der Waals surface area (Å²) in [7, 11) is 0. The molecule has 0 spiro atoms. The average Bonchev–Trinajstić information content (AvgIpc) is 2.89. The van der Waals surface area contributed by atoms with E-state index in [9.17, 15) is 9.59 Å². The van der Waals surface area contributed by atoms with E-state index in [1.807, 2.05) is 0 Å². The summed E-state index contributed by atoms with van der Waals surface area (Å²) in [5, 5.41) is 13.0. The van der Waals surface area contributed by atoms with Gasteiger partial charge in [-0.05, 0) is 26.2 Å². The smallest absolute Gasteiger partial charge is 0.334 e. The summed E-state index contributed by atoms with van der Waals surface area (Å²) < 4.78 is 10.6. The maximum absolute atomic E-state index is 12.6. The number of hydrogen-bond donors (Lipinski definition) is 1. The van der Waals surface area contributed by atoms with Crippen molar-refractivity contribution in [3.63, 3.8) is 0 Å². The number of rotatable bonds is 2. The molecule has 114 valence electrons. The Morgan fingerprint density at radius 2 is 2.05 bits per heavy atom. The number of fused-ring (bicyclic) bond motifs is 1. The van der Waals surface area contributed by atoms with Gasteiger partial charge in [0.05, 0.1) is 12.6 Å². The maximum atomic E-state index is 12.6. The lowest BCUT2D eigenvalue weighted by Gasteiger charge is -2.34. The van der Waals surface area contributed by atoms with Gasteiger partial charge in [-0.3, -0.25) is 4.79 Å². The number of hydrogen-bond acceptors (Lipinski definition) is 5. The van der Waals surface area contributed by atoms with Crippen LogP contribution in [-0.2, 0) is 22.4 Å². The number of carbonyl (C=O) groups excluding carboxylic acids is 1. The summed E-state index contributed by atoms with van der Waals surface area (Å²) in [5.74, 6) is -0.523. The highest BCUT2D eigenvalue weighted by Crippen LogP contribution is 2.26. The molecular formula is C14H18N2O5. The van der Waals surface area contributed by atoms with Gasteiger partial charge in [-0.1, -0.05) is 5.16 Å². The van der Waals surface area contributed by atoms with Crippen molar-refractivity contribution in [3.05, 3.63) is 17.0 Å². The molecule has 1 aromatic rings. The van der Waals surface area contributed by atoms with Crippen molar-refractivity contribution < 1.29 is 24.0 Å². The van der Waals surface area contributed by atoms with Gasteiger partial charge in [0.2, 0.25) is 0 Å². The van der Waals surface area contributed by atoms with E-state index in [0.29, 0.717) is 12.2 Å². The third-order valence-corrected chi connectivity index (χ3v) is 3.98. The first kappa shape index (κ1) is 14.1. The van der Waals surface area contributed by atoms with Crippen LogP contribution in [0.2, 0.25) is 0 Å². The van der Waals surface area contributed by atoms with Crippen LogP contribution < -0.4 is 0 Å². The fourth-order valence-electron chi connectivity index (χ4n) is 2.96. The summed E-state index contributed by atoms with van der Waals surface area (Å²) in [5.41, 5.74) is 1.22. The molecule has 1 fully saturated rings. The zero-order chi connectivity index (χ0) is 15.0. The quantitative estimate of drug-likeness (QED) is 0.870. The fourth-order valence-corrected chi connectivity index (χ4v) is 2.96. The van der Waals surface area contributed by atoms with Crippen LogP contribution >= 0.6 is 0 Å². The summed E-state index contributed by atoms with van der Waals surface area (Å²) in [6.45, 7) is 2.16. The molecule has 1 unspecified atom stereocenters. The zero-order valence-electron chi connectivity index (χ0n) is 11.9. The molecule has 3 rings (SSSR count). The first-order valence-corrected chi connectivity index (χ1v) is 7.21. The highest BCUT2D eigenvalue weighted by molar-refractivity contribution is 5.94. The van der Waals surface area contributed by atoms with Crippen molar-refractivity contribution in [2.24, 2.45) is 0 Å². The van der Waals surface area contributed by atoms with Gasteiger partial charge in [-0.2, -0.15) is 0 Å². The number of carbonyl (C=O) groups is 2. The van der Waals surface area contributed by atoms with Crippen LogP contribution in [0.4, 0.5) is 0 Å². The summed E-state index contributed by atoms with van der Waals surface area (Å²) >= 11 is 0. The van der Waals surface area contributed by atoms with Crippen LogP contribution in [0.1, 0.15) is 41.6 Å². The van der Waals surface area contributed by atoms with Gasteiger partial charge in [-0.25, -0.2) is 4.79 Å². The molecule has 0 radical (unpaired) electrons. The molecule has 21 heavy (non-hydrogen) atoms. The summed E-state index contributed by atoms with van der Waals surface area (Å²) in [4.78, 5) is 25.2. The second-order valence-electron chi connectivity index (χ2n) is 5.62. The molecule has 1 aliphatic heterocycles. The van der Waals surface area contributed by atoms with Crippen LogP contribution in [-0.4, -0.2) is 52.3 Å². The third kappa shape index (κ3) is 2.65. The number of aryl methyl sites for hydroxylation is 1. The van der Waals surface area contributed by atoms with Crippen molar-refractivity contribution in [2.45, 2.75) is 44.8 Å². The van der Waals surface area contributed by atoms with E-state index in [1.54, 1.807) is 6.92 Å². The lowest BCUT2D eigenvalue weighted by Crippen LogP contribution is -2.52. The van der Waals surface area contributed by atoms with Gasteiger partial charge < -0.3 is 19.3 Å². The highest BCUT2D eigenvalue weighted by atomic mass is 16.5. The molecule has 1 amide bonds. The molecule has 1 aliphatic carbocycles. The Morgan fingerprint density at radius 1 is 1.29 bits per heavy atom. The fraction of sp³-hybridized carbons (Fsp3) is 0.643. The van der Waals surface area contributed by atoms with Crippen LogP contribution in [0.5, 0.6) is 0 Å². The van der Waals surface area contributed by atoms with Gasteiger partial charge in [0.25, 0.3) is 5.91 Å². The van der Waals surface area contributed by atoms with Crippen LogP contribution in [0, 0.1) is 0 Å². The zero-order valence-corrected chi connectivity index (χ0v) is 11.9. The number of nitrogens with zero attached hydrogens (tertiary/aromatic N) is 2. The van der Waals surface area contributed by atoms with E-state index in [4.69, 9.17) is 14.4 Å². The van der Waals surface area contributed by atoms with Crippen molar-refractivity contribution in [2.75, 3.05) is 13.1 Å². The van der Waals surface area contributed by atoms with Gasteiger partial charge in [0.1, 0.15) is 5.76 Å². The molecule has 2 atom stereocenters. The molecule has 7 nitrogen and oxygen atoms in total.